The van der Waals surface area contributed by atoms with E-state index in [9.17, 15) is 4.79 Å². The lowest BCUT2D eigenvalue weighted by molar-refractivity contribution is 0.481. The highest BCUT2D eigenvalue weighted by atomic mass is 32.1. The lowest BCUT2D eigenvalue weighted by Gasteiger charge is -2.13. The Bertz CT molecular complexity index is 288. The Hall–Kier alpha value is -0.610. The number of H-pyrrole nitrogens is 1. The SMILES string of the molecule is CCC(CC)NCc1csc(=O)[nH]1. The van der Waals surface area contributed by atoms with Crippen molar-refractivity contribution in [3.05, 3.63) is 20.7 Å². The maximum Gasteiger partial charge on any atom is 0.304 e. The summed E-state index contributed by atoms with van der Waals surface area (Å²) in [5, 5.41) is 5.26. The Morgan fingerprint density at radius 1 is 1.54 bits per heavy atom. The highest BCUT2D eigenvalue weighted by molar-refractivity contribution is 7.07. The summed E-state index contributed by atoms with van der Waals surface area (Å²) in [5.74, 6) is 0. The smallest absolute Gasteiger partial charge is 0.304 e. The number of hydrogen-bond acceptors (Lipinski definition) is 3. The zero-order chi connectivity index (χ0) is 9.68. The summed E-state index contributed by atoms with van der Waals surface area (Å²) < 4.78 is 0. The monoisotopic (exact) mass is 200 g/mol. The minimum Gasteiger partial charge on any atom is -0.315 e. The topological polar surface area (TPSA) is 44.9 Å². The molecule has 0 aliphatic carbocycles. The molecule has 0 fully saturated rings. The van der Waals surface area contributed by atoms with Crippen LogP contribution in [0, 0.1) is 0 Å². The van der Waals surface area contributed by atoms with Crippen LogP contribution in [0.25, 0.3) is 0 Å². The van der Waals surface area contributed by atoms with Crippen molar-refractivity contribution in [3.8, 4) is 0 Å². The molecule has 0 saturated carbocycles. The van der Waals surface area contributed by atoms with Crippen LogP contribution in [0.1, 0.15) is 32.4 Å². The normalized spacial score (nSPS) is 11.0. The van der Waals surface area contributed by atoms with Crippen molar-refractivity contribution in [3.63, 3.8) is 0 Å². The highest BCUT2D eigenvalue weighted by Gasteiger charge is 2.02. The second-order valence-corrected chi connectivity index (χ2v) is 3.91. The van der Waals surface area contributed by atoms with Crippen molar-refractivity contribution in [2.45, 2.75) is 39.3 Å². The largest absolute Gasteiger partial charge is 0.315 e. The lowest BCUT2D eigenvalue weighted by atomic mass is 10.2. The number of aromatic nitrogens is 1. The van der Waals surface area contributed by atoms with E-state index in [0.29, 0.717) is 6.04 Å². The van der Waals surface area contributed by atoms with Crippen LogP contribution < -0.4 is 10.2 Å². The van der Waals surface area contributed by atoms with Gasteiger partial charge in [-0.3, -0.25) is 4.79 Å². The van der Waals surface area contributed by atoms with Gasteiger partial charge in [0, 0.05) is 23.7 Å². The Morgan fingerprint density at radius 2 is 2.23 bits per heavy atom. The van der Waals surface area contributed by atoms with Gasteiger partial charge in [-0.1, -0.05) is 25.2 Å². The minimum absolute atomic E-state index is 0.0290. The number of aromatic amines is 1. The molecule has 1 rings (SSSR count). The predicted molar refractivity (Wildman–Crippen MR) is 56.1 cm³/mol. The summed E-state index contributed by atoms with van der Waals surface area (Å²) in [5.41, 5.74) is 0.988. The molecule has 3 nitrogen and oxygen atoms in total. The van der Waals surface area contributed by atoms with Gasteiger partial charge >= 0.3 is 4.87 Å². The van der Waals surface area contributed by atoms with Gasteiger partial charge in [0.1, 0.15) is 0 Å². The molecule has 0 atom stereocenters. The first-order chi connectivity index (χ1) is 6.26. The summed E-state index contributed by atoms with van der Waals surface area (Å²) >= 11 is 1.22. The highest BCUT2D eigenvalue weighted by Crippen LogP contribution is 2.00. The van der Waals surface area contributed by atoms with Crippen LogP contribution in [0.15, 0.2) is 10.2 Å². The van der Waals surface area contributed by atoms with Gasteiger partial charge in [0.25, 0.3) is 0 Å². The number of nitrogens with one attached hydrogen (secondary N) is 2. The van der Waals surface area contributed by atoms with Gasteiger partial charge in [0.05, 0.1) is 0 Å². The van der Waals surface area contributed by atoms with Crippen molar-refractivity contribution in [1.82, 2.24) is 10.3 Å². The standard InChI is InChI=1S/C9H16N2OS/c1-3-7(4-2)10-5-8-6-13-9(12)11-8/h6-7,10H,3-5H2,1-2H3,(H,11,12). The first kappa shape index (κ1) is 10.5. The molecule has 0 aliphatic heterocycles. The first-order valence-electron chi connectivity index (χ1n) is 4.66. The molecular weight excluding hydrogens is 184 g/mol. The average molecular weight is 200 g/mol. The fraction of sp³-hybridized carbons (Fsp3) is 0.667. The number of thiazole rings is 1. The molecule has 13 heavy (non-hydrogen) atoms. The predicted octanol–water partition coefficient (Wildman–Crippen LogP) is 1.71. The maximum absolute atomic E-state index is 10.8. The van der Waals surface area contributed by atoms with E-state index in [4.69, 9.17) is 0 Å². The van der Waals surface area contributed by atoms with Crippen LogP contribution in [0.4, 0.5) is 0 Å². The second-order valence-electron chi connectivity index (χ2n) is 3.07. The van der Waals surface area contributed by atoms with E-state index in [0.717, 1.165) is 25.1 Å². The van der Waals surface area contributed by atoms with Crippen molar-refractivity contribution < 1.29 is 0 Å². The first-order valence-corrected chi connectivity index (χ1v) is 5.54. The van der Waals surface area contributed by atoms with Gasteiger partial charge < -0.3 is 10.3 Å². The Morgan fingerprint density at radius 3 is 2.69 bits per heavy atom. The van der Waals surface area contributed by atoms with E-state index in [1.54, 1.807) is 0 Å². The van der Waals surface area contributed by atoms with E-state index >= 15 is 0 Å². The maximum atomic E-state index is 10.8. The average Bonchev–Trinajstić information content (AvgIpc) is 2.53. The van der Waals surface area contributed by atoms with Crippen LogP contribution in [-0.2, 0) is 6.54 Å². The van der Waals surface area contributed by atoms with Gasteiger partial charge in [-0.25, -0.2) is 0 Å². The molecule has 0 amide bonds. The molecule has 0 spiro atoms. The molecule has 0 bridgehead atoms. The van der Waals surface area contributed by atoms with Crippen molar-refractivity contribution >= 4 is 11.3 Å². The molecular formula is C9H16N2OS. The van der Waals surface area contributed by atoms with Gasteiger partial charge in [0.2, 0.25) is 0 Å². The quantitative estimate of drug-likeness (QED) is 0.760. The summed E-state index contributed by atoms with van der Waals surface area (Å²) in [6.07, 6.45) is 2.26. The summed E-state index contributed by atoms with van der Waals surface area (Å²) in [6, 6.07) is 0.559. The third kappa shape index (κ3) is 3.32. The van der Waals surface area contributed by atoms with Gasteiger partial charge in [-0.05, 0) is 12.8 Å². The molecule has 2 N–H and O–H groups in total. The molecule has 1 aromatic heterocycles. The lowest BCUT2D eigenvalue weighted by Crippen LogP contribution is -2.27. The van der Waals surface area contributed by atoms with Crippen molar-refractivity contribution in [2.24, 2.45) is 0 Å². The number of hydrogen-bond donors (Lipinski definition) is 2. The van der Waals surface area contributed by atoms with Crippen molar-refractivity contribution in [1.29, 1.82) is 0 Å². The van der Waals surface area contributed by atoms with E-state index in [1.807, 2.05) is 5.38 Å². The number of rotatable bonds is 5. The van der Waals surface area contributed by atoms with E-state index in [-0.39, 0.29) is 4.87 Å². The second kappa shape index (κ2) is 5.19. The summed E-state index contributed by atoms with van der Waals surface area (Å²) in [6.45, 7) is 5.10. The van der Waals surface area contributed by atoms with E-state index < -0.39 is 0 Å². The Kier molecular flexibility index (Phi) is 4.18. The van der Waals surface area contributed by atoms with E-state index in [1.165, 1.54) is 11.3 Å². The zero-order valence-electron chi connectivity index (χ0n) is 8.09. The summed E-state index contributed by atoms with van der Waals surface area (Å²) in [4.78, 5) is 13.6. The zero-order valence-corrected chi connectivity index (χ0v) is 8.91. The molecule has 0 aliphatic rings. The van der Waals surface area contributed by atoms with Gasteiger partial charge in [-0.15, -0.1) is 0 Å². The Balaban J connectivity index is 2.38. The van der Waals surface area contributed by atoms with Gasteiger partial charge in [0.15, 0.2) is 0 Å². The van der Waals surface area contributed by atoms with Crippen molar-refractivity contribution in [2.75, 3.05) is 0 Å². The molecule has 0 aromatic carbocycles. The molecule has 0 radical (unpaired) electrons. The third-order valence-corrected chi connectivity index (χ3v) is 2.86. The molecule has 74 valence electrons. The molecule has 1 heterocycles. The molecule has 0 saturated heterocycles. The van der Waals surface area contributed by atoms with Crippen LogP contribution in [0.5, 0.6) is 0 Å². The minimum atomic E-state index is 0.0290. The molecule has 4 heteroatoms. The fourth-order valence-electron chi connectivity index (χ4n) is 1.23. The fourth-order valence-corrected chi connectivity index (χ4v) is 1.81. The van der Waals surface area contributed by atoms with Crippen LogP contribution in [0.3, 0.4) is 0 Å². The van der Waals surface area contributed by atoms with Crippen LogP contribution in [0.2, 0.25) is 0 Å². The van der Waals surface area contributed by atoms with Crippen LogP contribution >= 0.6 is 11.3 Å². The Labute approximate surface area is 82.2 Å². The molecule has 1 aromatic rings. The molecule has 0 unspecified atom stereocenters. The summed E-state index contributed by atoms with van der Waals surface area (Å²) in [7, 11) is 0. The van der Waals surface area contributed by atoms with Gasteiger partial charge in [-0.2, -0.15) is 0 Å². The third-order valence-electron chi connectivity index (χ3n) is 2.14. The van der Waals surface area contributed by atoms with E-state index in [2.05, 4.69) is 24.1 Å². The van der Waals surface area contributed by atoms with Crippen LogP contribution in [-0.4, -0.2) is 11.0 Å².